The second-order valence-corrected chi connectivity index (χ2v) is 7.28. The van der Waals surface area contributed by atoms with E-state index in [2.05, 4.69) is 20.5 Å². The van der Waals surface area contributed by atoms with Gasteiger partial charge in [-0.25, -0.2) is 4.98 Å². The molecule has 7 nitrogen and oxygen atoms in total. The Morgan fingerprint density at radius 2 is 2.04 bits per heavy atom. The maximum atomic E-state index is 12.8. The number of nitrogens with one attached hydrogen (secondary N) is 2. The molecule has 26 heavy (non-hydrogen) atoms. The van der Waals surface area contributed by atoms with Crippen molar-refractivity contribution in [3.63, 3.8) is 0 Å². The number of para-hydroxylation sites is 1. The third-order valence-electron chi connectivity index (χ3n) is 4.74. The largest absolute Gasteiger partial charge is 0.348 e. The Balaban J connectivity index is 1.38. The van der Waals surface area contributed by atoms with Gasteiger partial charge in [0.15, 0.2) is 5.69 Å². The van der Waals surface area contributed by atoms with Gasteiger partial charge in [-0.2, -0.15) is 5.10 Å². The van der Waals surface area contributed by atoms with Gasteiger partial charge in [-0.15, -0.1) is 11.3 Å². The van der Waals surface area contributed by atoms with E-state index in [0.717, 1.165) is 29.4 Å². The summed E-state index contributed by atoms with van der Waals surface area (Å²) in [5.74, 6) is -0.140. The van der Waals surface area contributed by atoms with Crippen LogP contribution in [-0.2, 0) is 0 Å². The zero-order valence-electron chi connectivity index (χ0n) is 14.4. The molecule has 0 saturated carbocycles. The van der Waals surface area contributed by atoms with E-state index >= 15 is 0 Å². The second kappa shape index (κ2) is 6.87. The molecule has 0 spiro atoms. The molecule has 2 aromatic heterocycles. The number of nitrogens with zero attached hydrogens (tertiary/aromatic N) is 3. The number of carbonyl (C=O) groups excluding carboxylic acids is 2. The molecule has 0 atom stereocenters. The molecule has 3 aromatic rings. The number of aromatic amines is 1. The van der Waals surface area contributed by atoms with Crippen LogP contribution in [0.4, 0.5) is 0 Å². The Kier molecular flexibility index (Phi) is 4.42. The number of amides is 2. The maximum absolute atomic E-state index is 12.8. The minimum Gasteiger partial charge on any atom is -0.348 e. The van der Waals surface area contributed by atoms with Gasteiger partial charge in [0.25, 0.3) is 11.8 Å². The number of aryl methyl sites for hydroxylation is 1. The molecule has 1 aliphatic heterocycles. The number of hydrogen-bond donors (Lipinski definition) is 2. The molecule has 2 N–H and O–H groups in total. The van der Waals surface area contributed by atoms with Crippen LogP contribution < -0.4 is 5.32 Å². The molecular weight excluding hydrogens is 350 g/mol. The van der Waals surface area contributed by atoms with Crippen molar-refractivity contribution in [2.45, 2.75) is 25.8 Å². The lowest BCUT2D eigenvalue weighted by molar-refractivity contribution is 0.0694. The number of benzene rings is 1. The van der Waals surface area contributed by atoms with Gasteiger partial charge in [0.2, 0.25) is 0 Å². The highest BCUT2D eigenvalue weighted by Crippen LogP contribution is 2.20. The molecule has 2 amide bonds. The van der Waals surface area contributed by atoms with Crippen LogP contribution in [-0.4, -0.2) is 51.0 Å². The van der Waals surface area contributed by atoms with E-state index in [9.17, 15) is 9.59 Å². The summed E-state index contributed by atoms with van der Waals surface area (Å²) < 4.78 is 0. The average Bonchev–Trinajstić information content (AvgIpc) is 3.28. The van der Waals surface area contributed by atoms with E-state index in [1.54, 1.807) is 5.51 Å². The number of carbonyl (C=O) groups is 2. The fraction of sp³-hybridized carbons (Fsp3) is 0.333. The molecule has 1 aromatic carbocycles. The minimum atomic E-state index is -0.0759. The smallest absolute Gasteiger partial charge is 0.274 e. The van der Waals surface area contributed by atoms with Crippen molar-refractivity contribution >= 4 is 34.1 Å². The summed E-state index contributed by atoms with van der Waals surface area (Å²) in [6.07, 6.45) is 1.47. The van der Waals surface area contributed by atoms with E-state index in [1.165, 1.54) is 11.3 Å². The number of likely N-dealkylation sites (tertiary alicyclic amines) is 1. The van der Waals surface area contributed by atoms with Crippen LogP contribution in [0.5, 0.6) is 0 Å². The molecule has 0 aliphatic carbocycles. The van der Waals surface area contributed by atoms with Crippen LogP contribution in [0.25, 0.3) is 10.9 Å². The van der Waals surface area contributed by atoms with Gasteiger partial charge in [-0.05, 0) is 25.8 Å². The first kappa shape index (κ1) is 16.7. The fourth-order valence-corrected chi connectivity index (χ4v) is 3.98. The Morgan fingerprint density at radius 3 is 2.77 bits per heavy atom. The van der Waals surface area contributed by atoms with E-state index in [4.69, 9.17) is 0 Å². The third kappa shape index (κ3) is 3.08. The van der Waals surface area contributed by atoms with Crippen LogP contribution in [0.1, 0.15) is 38.7 Å². The van der Waals surface area contributed by atoms with Crippen molar-refractivity contribution in [1.82, 2.24) is 25.4 Å². The molecule has 1 saturated heterocycles. The van der Waals surface area contributed by atoms with Gasteiger partial charge in [0.1, 0.15) is 4.88 Å². The molecule has 4 rings (SSSR count). The molecule has 134 valence electrons. The predicted octanol–water partition coefficient (Wildman–Crippen LogP) is 2.36. The summed E-state index contributed by atoms with van der Waals surface area (Å²) in [5.41, 5.74) is 3.76. The molecule has 8 heteroatoms. The highest BCUT2D eigenvalue weighted by atomic mass is 32.1. The van der Waals surface area contributed by atoms with Gasteiger partial charge in [-0.1, -0.05) is 18.2 Å². The molecule has 0 unspecified atom stereocenters. The molecular formula is C18H19N5O2S. The number of rotatable bonds is 3. The lowest BCUT2D eigenvalue weighted by Crippen LogP contribution is -2.46. The molecule has 3 heterocycles. The van der Waals surface area contributed by atoms with Gasteiger partial charge < -0.3 is 10.2 Å². The first-order valence-corrected chi connectivity index (χ1v) is 9.45. The average molecular weight is 369 g/mol. The highest BCUT2D eigenvalue weighted by Gasteiger charge is 2.27. The normalized spacial score (nSPS) is 15.3. The summed E-state index contributed by atoms with van der Waals surface area (Å²) in [6.45, 7) is 3.04. The Bertz CT molecular complexity index is 955. The number of aromatic nitrogens is 3. The number of hydrogen-bond acceptors (Lipinski definition) is 5. The van der Waals surface area contributed by atoms with Crippen LogP contribution in [0.2, 0.25) is 0 Å². The van der Waals surface area contributed by atoms with E-state index in [0.29, 0.717) is 23.7 Å². The van der Waals surface area contributed by atoms with Crippen LogP contribution in [0.15, 0.2) is 29.8 Å². The van der Waals surface area contributed by atoms with Crippen molar-refractivity contribution < 1.29 is 9.59 Å². The number of piperidine rings is 1. The molecule has 1 aliphatic rings. The van der Waals surface area contributed by atoms with Crippen LogP contribution in [0.3, 0.4) is 0 Å². The maximum Gasteiger partial charge on any atom is 0.274 e. The summed E-state index contributed by atoms with van der Waals surface area (Å²) >= 11 is 1.35. The van der Waals surface area contributed by atoms with Crippen molar-refractivity contribution in [1.29, 1.82) is 0 Å². The molecule has 1 fully saturated rings. The Hall–Kier alpha value is -2.74. The number of thiazole rings is 1. The van der Waals surface area contributed by atoms with Gasteiger partial charge >= 0.3 is 0 Å². The van der Waals surface area contributed by atoms with Crippen molar-refractivity contribution in [2.75, 3.05) is 13.1 Å². The van der Waals surface area contributed by atoms with Gasteiger partial charge in [-0.3, -0.25) is 14.7 Å². The van der Waals surface area contributed by atoms with Crippen molar-refractivity contribution in [2.24, 2.45) is 0 Å². The topological polar surface area (TPSA) is 91.0 Å². The Labute approximate surface area is 154 Å². The number of fused-ring (bicyclic) bond motifs is 1. The monoisotopic (exact) mass is 369 g/mol. The van der Waals surface area contributed by atoms with Crippen molar-refractivity contribution in [3.05, 3.63) is 46.0 Å². The second-order valence-electron chi connectivity index (χ2n) is 6.42. The third-order valence-corrected chi connectivity index (χ3v) is 5.67. The molecule has 0 bridgehead atoms. The lowest BCUT2D eigenvalue weighted by Gasteiger charge is -2.32. The quantitative estimate of drug-likeness (QED) is 0.741. The van der Waals surface area contributed by atoms with E-state index in [-0.39, 0.29) is 17.9 Å². The minimum absolute atomic E-state index is 0.0643. The van der Waals surface area contributed by atoms with Crippen molar-refractivity contribution in [3.8, 4) is 0 Å². The predicted molar refractivity (Wildman–Crippen MR) is 99.3 cm³/mol. The molecule has 0 radical (unpaired) electrons. The lowest BCUT2D eigenvalue weighted by atomic mass is 10.0. The summed E-state index contributed by atoms with van der Waals surface area (Å²) in [6, 6.07) is 7.69. The van der Waals surface area contributed by atoms with Crippen LogP contribution in [0, 0.1) is 6.92 Å². The number of H-pyrrole nitrogens is 1. The van der Waals surface area contributed by atoms with Gasteiger partial charge in [0.05, 0.1) is 16.7 Å². The van der Waals surface area contributed by atoms with E-state index < -0.39 is 0 Å². The Morgan fingerprint density at radius 1 is 1.27 bits per heavy atom. The zero-order valence-corrected chi connectivity index (χ0v) is 15.2. The first-order chi connectivity index (χ1) is 12.6. The standard InChI is InChI=1S/C18H19N5O2S/c1-11-16(26-10-19-11)17(24)20-12-6-8-23(9-7-12)18(25)15-13-4-2-3-5-14(13)21-22-15/h2-5,10,12H,6-9H2,1H3,(H,20,24)(H,21,22). The summed E-state index contributed by atoms with van der Waals surface area (Å²) in [5, 5.41) is 11.0. The van der Waals surface area contributed by atoms with Crippen LogP contribution >= 0.6 is 11.3 Å². The highest BCUT2D eigenvalue weighted by molar-refractivity contribution is 7.11. The summed E-state index contributed by atoms with van der Waals surface area (Å²) in [4.78, 5) is 31.7. The summed E-state index contributed by atoms with van der Waals surface area (Å²) in [7, 11) is 0. The van der Waals surface area contributed by atoms with Gasteiger partial charge in [0, 0.05) is 24.5 Å². The SMILES string of the molecule is Cc1ncsc1C(=O)NC1CCN(C(=O)c2n[nH]c3ccccc23)CC1. The fourth-order valence-electron chi connectivity index (χ4n) is 3.27. The van der Waals surface area contributed by atoms with E-state index in [1.807, 2.05) is 36.1 Å². The first-order valence-electron chi connectivity index (χ1n) is 8.57. The zero-order chi connectivity index (χ0) is 18.1.